The smallest absolute Gasteiger partial charge is 0.140 e. The number of hydrogen-bond donors (Lipinski definition) is 2. The second-order valence-electron chi connectivity index (χ2n) is 9.01. The van der Waals surface area contributed by atoms with E-state index in [-0.39, 0.29) is 30.6 Å². The van der Waals surface area contributed by atoms with E-state index in [4.69, 9.17) is 9.73 Å². The maximum Gasteiger partial charge on any atom is 0.140 e. The average molecular weight is 560 g/mol. The van der Waals surface area contributed by atoms with E-state index in [9.17, 15) is 4.39 Å². The number of fused-ring (bicyclic) bond motifs is 4. The summed E-state index contributed by atoms with van der Waals surface area (Å²) in [5.74, 6) is 1.59. The van der Waals surface area contributed by atoms with E-state index in [1.54, 1.807) is 24.5 Å². The molecule has 1 atom stereocenters. The molecule has 0 radical (unpaired) electrons. The minimum Gasteiger partial charge on any atom is -0.497 e. The van der Waals surface area contributed by atoms with Gasteiger partial charge >= 0.3 is 0 Å². The van der Waals surface area contributed by atoms with E-state index >= 15 is 0 Å². The minimum atomic E-state index is -0.266. The Bertz CT molecular complexity index is 1430. The fraction of sp³-hybridized carbons (Fsp3) is 0.250. The predicted molar refractivity (Wildman–Crippen MR) is 157 cm³/mol. The van der Waals surface area contributed by atoms with E-state index < -0.39 is 0 Å². The van der Waals surface area contributed by atoms with Crippen LogP contribution in [0.15, 0.2) is 71.7 Å². The highest BCUT2D eigenvalue weighted by Gasteiger charge is 2.29. The van der Waals surface area contributed by atoms with E-state index in [2.05, 4.69) is 51.9 Å². The van der Waals surface area contributed by atoms with E-state index in [1.165, 1.54) is 27.8 Å². The molecule has 0 unspecified atom stereocenters. The molecular formula is C28H29Cl2FN4OS. The Labute approximate surface area is 232 Å². The van der Waals surface area contributed by atoms with Crippen LogP contribution in [0.5, 0.6) is 5.75 Å². The summed E-state index contributed by atoms with van der Waals surface area (Å²) in [6, 6.07) is 21.8. The molecule has 0 saturated carbocycles. The van der Waals surface area contributed by atoms with Crippen molar-refractivity contribution >= 4 is 68.4 Å². The maximum absolute atomic E-state index is 14.1. The number of halogens is 3. The highest BCUT2D eigenvalue weighted by Crippen LogP contribution is 2.43. The van der Waals surface area contributed by atoms with Gasteiger partial charge in [0, 0.05) is 35.8 Å². The van der Waals surface area contributed by atoms with Gasteiger partial charge in [-0.15, -0.1) is 36.2 Å². The summed E-state index contributed by atoms with van der Waals surface area (Å²) in [4.78, 5) is 7.51. The third-order valence-corrected chi connectivity index (χ3v) is 7.81. The average Bonchev–Trinajstić information content (AvgIpc) is 3.16. The molecule has 3 heterocycles. The molecule has 194 valence electrons. The van der Waals surface area contributed by atoms with Gasteiger partial charge in [-0.1, -0.05) is 30.3 Å². The van der Waals surface area contributed by atoms with Crippen LogP contribution in [0.25, 0.3) is 10.1 Å². The third kappa shape index (κ3) is 5.55. The SMILES string of the molecule is COc1cccc(CC[C@H]2CN(C3=Nc4ccc(F)cc4Nc4sc5ccccc5c43)CCN2)c1.Cl.Cl. The van der Waals surface area contributed by atoms with Crippen LogP contribution in [0.3, 0.4) is 0 Å². The second-order valence-corrected chi connectivity index (χ2v) is 10.1. The first-order chi connectivity index (χ1) is 17.2. The zero-order valence-electron chi connectivity index (χ0n) is 20.4. The first kappa shape index (κ1) is 27.2. The quantitative estimate of drug-likeness (QED) is 0.285. The standard InChI is InChI=1S/C28H27FN4OS.2ClH/c1-34-21-6-4-5-18(15-21)9-11-20-17-33(14-13-30-20)27-26-22-7-2-3-8-25(22)35-28(26)32-24-16-19(29)10-12-23(24)31-27;;/h2-8,10,12,15-16,20,30,32H,9,11,13-14,17H2,1H3;2*1H/t20-;;/m0../s1. The van der Waals surface area contributed by atoms with Gasteiger partial charge in [-0.05, 0) is 54.8 Å². The van der Waals surface area contributed by atoms with Gasteiger partial charge in [0.15, 0.2) is 0 Å². The number of nitrogens with one attached hydrogen (secondary N) is 2. The fourth-order valence-electron chi connectivity index (χ4n) is 4.96. The summed E-state index contributed by atoms with van der Waals surface area (Å²) in [6.45, 7) is 2.63. The van der Waals surface area contributed by atoms with Crippen LogP contribution in [-0.2, 0) is 6.42 Å². The first-order valence-corrected chi connectivity index (χ1v) is 12.8. The monoisotopic (exact) mass is 558 g/mol. The normalized spacial score (nSPS) is 16.3. The van der Waals surface area contributed by atoms with Gasteiger partial charge in [0.2, 0.25) is 0 Å². The Balaban J connectivity index is 0.00000160. The molecule has 1 saturated heterocycles. The minimum absolute atomic E-state index is 0. The lowest BCUT2D eigenvalue weighted by atomic mass is 10.0. The molecule has 2 aliphatic rings. The van der Waals surface area contributed by atoms with Gasteiger partial charge in [-0.25, -0.2) is 9.38 Å². The molecule has 9 heteroatoms. The number of rotatable bonds is 4. The lowest BCUT2D eigenvalue weighted by Crippen LogP contribution is -2.52. The molecule has 6 rings (SSSR count). The maximum atomic E-state index is 14.1. The largest absolute Gasteiger partial charge is 0.497 e. The summed E-state index contributed by atoms with van der Waals surface area (Å²) in [5, 5.41) is 9.37. The number of hydrogen-bond acceptors (Lipinski definition) is 6. The van der Waals surface area contributed by atoms with Crippen LogP contribution in [0.1, 0.15) is 17.5 Å². The summed E-state index contributed by atoms with van der Waals surface area (Å²) in [7, 11) is 1.71. The Morgan fingerprint density at radius 1 is 1.08 bits per heavy atom. The molecule has 3 aromatic carbocycles. The molecule has 1 aromatic heterocycles. The number of benzene rings is 3. The summed E-state index contributed by atoms with van der Waals surface area (Å²) in [6.07, 6.45) is 2.00. The Hall–Kier alpha value is -2.84. The van der Waals surface area contributed by atoms with E-state index in [1.807, 2.05) is 12.1 Å². The van der Waals surface area contributed by atoms with Gasteiger partial charge in [-0.2, -0.15) is 0 Å². The molecule has 0 bridgehead atoms. The van der Waals surface area contributed by atoms with Crippen molar-refractivity contribution in [3.8, 4) is 5.75 Å². The molecular weight excluding hydrogens is 530 g/mol. The van der Waals surface area contributed by atoms with Crippen LogP contribution < -0.4 is 15.4 Å². The van der Waals surface area contributed by atoms with Crippen molar-refractivity contribution in [2.45, 2.75) is 18.9 Å². The summed E-state index contributed by atoms with van der Waals surface area (Å²) >= 11 is 1.69. The number of aryl methyl sites for hydroxylation is 1. The molecule has 0 spiro atoms. The van der Waals surface area contributed by atoms with Gasteiger partial charge < -0.3 is 20.3 Å². The fourth-order valence-corrected chi connectivity index (χ4v) is 6.07. The zero-order valence-corrected chi connectivity index (χ0v) is 22.8. The van der Waals surface area contributed by atoms with E-state index in [0.717, 1.165) is 60.3 Å². The molecule has 0 aliphatic carbocycles. The number of piperazine rings is 1. The highest BCUT2D eigenvalue weighted by molar-refractivity contribution is 7.23. The molecule has 2 aliphatic heterocycles. The Morgan fingerprint density at radius 3 is 2.81 bits per heavy atom. The Kier molecular flexibility index (Phi) is 8.60. The van der Waals surface area contributed by atoms with Crippen LogP contribution in [0, 0.1) is 5.82 Å². The first-order valence-electron chi connectivity index (χ1n) is 12.0. The van der Waals surface area contributed by atoms with Crippen LogP contribution in [0.4, 0.5) is 20.8 Å². The number of nitrogens with zero attached hydrogens (tertiary/aromatic N) is 2. The van der Waals surface area contributed by atoms with Crippen LogP contribution >= 0.6 is 36.2 Å². The molecule has 2 N–H and O–H groups in total. The number of amidine groups is 1. The molecule has 4 aromatic rings. The summed E-state index contributed by atoms with van der Waals surface area (Å²) in [5.41, 5.74) is 3.86. The summed E-state index contributed by atoms with van der Waals surface area (Å²) < 4.78 is 20.7. The van der Waals surface area contributed by atoms with Crippen LogP contribution in [0.2, 0.25) is 0 Å². The highest BCUT2D eigenvalue weighted by atomic mass is 35.5. The van der Waals surface area contributed by atoms with Crippen molar-refractivity contribution in [1.29, 1.82) is 0 Å². The lowest BCUT2D eigenvalue weighted by molar-refractivity contribution is 0.282. The second kappa shape index (κ2) is 11.7. The molecule has 5 nitrogen and oxygen atoms in total. The number of ether oxygens (including phenoxy) is 1. The van der Waals surface area contributed by atoms with Crippen molar-refractivity contribution in [2.75, 3.05) is 32.1 Å². The van der Waals surface area contributed by atoms with Crippen molar-refractivity contribution in [3.63, 3.8) is 0 Å². The lowest BCUT2D eigenvalue weighted by Gasteiger charge is -2.36. The Morgan fingerprint density at radius 2 is 1.95 bits per heavy atom. The molecule has 1 fully saturated rings. The third-order valence-electron chi connectivity index (χ3n) is 6.72. The number of anilines is 2. The van der Waals surface area contributed by atoms with Crippen LogP contribution in [-0.4, -0.2) is 43.5 Å². The number of methoxy groups -OCH3 is 1. The van der Waals surface area contributed by atoms with Gasteiger partial charge in [0.1, 0.15) is 22.4 Å². The zero-order chi connectivity index (χ0) is 23.8. The van der Waals surface area contributed by atoms with Crippen molar-refractivity contribution in [3.05, 3.63) is 83.7 Å². The van der Waals surface area contributed by atoms with Crippen molar-refractivity contribution in [1.82, 2.24) is 10.2 Å². The van der Waals surface area contributed by atoms with Gasteiger partial charge in [0.25, 0.3) is 0 Å². The molecule has 37 heavy (non-hydrogen) atoms. The van der Waals surface area contributed by atoms with Gasteiger partial charge in [-0.3, -0.25) is 0 Å². The van der Waals surface area contributed by atoms with Crippen molar-refractivity contribution < 1.29 is 9.13 Å². The van der Waals surface area contributed by atoms with Gasteiger partial charge in [0.05, 0.1) is 24.0 Å². The number of aliphatic imine (C=N–C) groups is 1. The number of thiophene rings is 1. The molecule has 0 amide bonds. The van der Waals surface area contributed by atoms with Crippen molar-refractivity contribution in [2.24, 2.45) is 4.99 Å². The van der Waals surface area contributed by atoms with E-state index in [0.29, 0.717) is 11.7 Å². The topological polar surface area (TPSA) is 48.9 Å². The predicted octanol–water partition coefficient (Wildman–Crippen LogP) is 6.93.